The molecule has 74 valence electrons. The van der Waals surface area contributed by atoms with Crippen molar-refractivity contribution in [2.45, 2.75) is 12.0 Å². The average molecular weight is 194 g/mol. The first-order valence-corrected chi connectivity index (χ1v) is 4.00. The largest absolute Gasteiger partial charge is 0.480 e. The lowest BCUT2D eigenvalue weighted by molar-refractivity contribution is -0.140. The minimum atomic E-state index is -1.23. The Morgan fingerprint density at radius 3 is 2.79 bits per heavy atom. The fourth-order valence-corrected chi connectivity index (χ4v) is 1.10. The van der Waals surface area contributed by atoms with E-state index in [9.17, 15) is 9.59 Å². The van der Waals surface area contributed by atoms with Crippen molar-refractivity contribution in [3.63, 3.8) is 0 Å². The third-order valence-electron chi connectivity index (χ3n) is 1.89. The van der Waals surface area contributed by atoms with Crippen molar-refractivity contribution in [1.82, 2.24) is 4.98 Å². The second-order valence-corrected chi connectivity index (χ2v) is 2.81. The normalized spacial score (nSPS) is 14.4. The minimum absolute atomic E-state index is 0.511. The zero-order valence-corrected chi connectivity index (χ0v) is 7.33. The molecule has 0 aromatic carbocycles. The molecule has 5 nitrogen and oxygen atoms in total. The first-order chi connectivity index (χ1) is 6.66. The van der Waals surface area contributed by atoms with Crippen molar-refractivity contribution in [1.29, 1.82) is 0 Å². The van der Waals surface area contributed by atoms with E-state index in [0.29, 0.717) is 11.8 Å². The van der Waals surface area contributed by atoms with Crippen molar-refractivity contribution >= 4 is 12.3 Å². The van der Waals surface area contributed by atoms with E-state index in [4.69, 9.17) is 10.8 Å². The third-order valence-corrected chi connectivity index (χ3v) is 1.89. The van der Waals surface area contributed by atoms with Crippen molar-refractivity contribution in [3.05, 3.63) is 30.1 Å². The van der Waals surface area contributed by atoms with Gasteiger partial charge in [0.15, 0.2) is 0 Å². The van der Waals surface area contributed by atoms with Gasteiger partial charge in [0, 0.05) is 12.4 Å². The summed E-state index contributed by atoms with van der Waals surface area (Å²) in [4.78, 5) is 25.0. The lowest BCUT2D eigenvalue weighted by Gasteiger charge is -2.13. The summed E-state index contributed by atoms with van der Waals surface area (Å²) in [5.41, 5.74) is 5.86. The number of hydrogen-bond donors (Lipinski definition) is 2. The fourth-order valence-electron chi connectivity index (χ4n) is 1.10. The Morgan fingerprint density at radius 2 is 2.36 bits per heavy atom. The highest BCUT2D eigenvalue weighted by molar-refractivity contribution is 5.81. The van der Waals surface area contributed by atoms with Gasteiger partial charge in [0.2, 0.25) is 0 Å². The second-order valence-electron chi connectivity index (χ2n) is 2.81. The highest BCUT2D eigenvalue weighted by Crippen LogP contribution is 2.14. The van der Waals surface area contributed by atoms with E-state index in [2.05, 4.69) is 4.98 Å². The number of nitrogens with two attached hydrogens (primary N) is 1. The summed E-state index contributed by atoms with van der Waals surface area (Å²) in [5.74, 6) is -2.05. The molecule has 0 amide bonds. The summed E-state index contributed by atoms with van der Waals surface area (Å²) >= 11 is 0. The molecule has 0 spiro atoms. The molecular formula is C9H10N2O3. The van der Waals surface area contributed by atoms with Crippen LogP contribution < -0.4 is 5.73 Å². The van der Waals surface area contributed by atoms with Crippen LogP contribution in [0.3, 0.4) is 0 Å². The van der Waals surface area contributed by atoms with Crippen LogP contribution in [0.1, 0.15) is 11.5 Å². The highest BCUT2D eigenvalue weighted by Gasteiger charge is 2.25. The molecule has 0 unspecified atom stereocenters. The first kappa shape index (κ1) is 10.3. The molecule has 0 saturated carbocycles. The Hall–Kier alpha value is -1.75. The molecule has 3 N–H and O–H groups in total. The first-order valence-electron chi connectivity index (χ1n) is 4.00. The molecule has 0 aliphatic carbocycles. The van der Waals surface area contributed by atoms with Crippen molar-refractivity contribution in [2.75, 3.05) is 0 Å². The van der Waals surface area contributed by atoms with Crippen LogP contribution in [0.5, 0.6) is 0 Å². The summed E-state index contributed by atoms with van der Waals surface area (Å²) < 4.78 is 0. The van der Waals surface area contributed by atoms with Crippen LogP contribution in [0.2, 0.25) is 0 Å². The second kappa shape index (κ2) is 4.48. The van der Waals surface area contributed by atoms with Gasteiger partial charge in [0.05, 0.1) is 5.92 Å². The number of aldehydes is 1. The number of carboxylic acid groups (broad SMARTS) is 1. The Labute approximate surface area is 80.6 Å². The number of pyridine rings is 1. The number of aliphatic carboxylic acids is 1. The van der Waals surface area contributed by atoms with E-state index in [1.165, 1.54) is 12.4 Å². The number of carbonyl (C=O) groups is 2. The van der Waals surface area contributed by atoms with Gasteiger partial charge in [-0.15, -0.1) is 0 Å². The van der Waals surface area contributed by atoms with Crippen LogP contribution >= 0.6 is 0 Å². The molecule has 1 aromatic rings. The van der Waals surface area contributed by atoms with Crippen LogP contribution in [-0.2, 0) is 9.59 Å². The Bertz CT molecular complexity index is 326. The smallest absolute Gasteiger partial charge is 0.321 e. The summed E-state index contributed by atoms with van der Waals surface area (Å²) in [7, 11) is 0. The predicted molar refractivity (Wildman–Crippen MR) is 48.7 cm³/mol. The maximum atomic E-state index is 10.7. The van der Waals surface area contributed by atoms with Gasteiger partial charge in [-0.3, -0.25) is 9.78 Å². The number of carbonyl (C=O) groups excluding carboxylic acids is 1. The Morgan fingerprint density at radius 1 is 1.64 bits per heavy atom. The quantitative estimate of drug-likeness (QED) is 0.646. The van der Waals surface area contributed by atoms with E-state index in [1.54, 1.807) is 12.1 Å². The summed E-state index contributed by atoms with van der Waals surface area (Å²) in [6, 6.07) is 2.02. The van der Waals surface area contributed by atoms with E-state index >= 15 is 0 Å². The molecule has 0 radical (unpaired) electrons. The van der Waals surface area contributed by atoms with Crippen molar-refractivity contribution in [3.8, 4) is 0 Å². The molecule has 2 atom stereocenters. The standard InChI is InChI=1S/C9H10N2O3/c10-8(9(13)14)7(5-12)6-2-1-3-11-4-6/h1-5,7-8H,10H2,(H,13,14)/t7-,8-/m0/s1. The summed E-state index contributed by atoms with van der Waals surface area (Å²) in [5, 5.41) is 8.64. The van der Waals surface area contributed by atoms with Crippen LogP contribution in [0.25, 0.3) is 0 Å². The predicted octanol–water partition coefficient (Wildman–Crippen LogP) is -0.224. The lowest BCUT2D eigenvalue weighted by Crippen LogP contribution is -2.37. The number of rotatable bonds is 4. The van der Waals surface area contributed by atoms with Gasteiger partial charge in [0.25, 0.3) is 0 Å². The van der Waals surface area contributed by atoms with Gasteiger partial charge in [-0.2, -0.15) is 0 Å². The SMILES string of the molecule is N[C@H](C(=O)O)[C@@H](C=O)c1cccnc1. The zero-order chi connectivity index (χ0) is 10.6. The van der Waals surface area contributed by atoms with Crippen LogP contribution in [0, 0.1) is 0 Å². The monoisotopic (exact) mass is 194 g/mol. The maximum Gasteiger partial charge on any atom is 0.321 e. The molecule has 0 fully saturated rings. The van der Waals surface area contributed by atoms with Gasteiger partial charge in [0.1, 0.15) is 12.3 Å². The molecule has 0 saturated heterocycles. The van der Waals surface area contributed by atoms with Gasteiger partial charge in [-0.05, 0) is 11.6 Å². The van der Waals surface area contributed by atoms with E-state index in [0.717, 1.165) is 0 Å². The maximum absolute atomic E-state index is 10.7. The van der Waals surface area contributed by atoms with Gasteiger partial charge in [-0.25, -0.2) is 0 Å². The zero-order valence-electron chi connectivity index (χ0n) is 7.33. The molecule has 14 heavy (non-hydrogen) atoms. The Kier molecular flexibility index (Phi) is 3.30. The summed E-state index contributed by atoms with van der Waals surface area (Å²) in [6.45, 7) is 0. The number of hydrogen-bond acceptors (Lipinski definition) is 4. The van der Waals surface area contributed by atoms with E-state index in [1.807, 2.05) is 0 Å². The number of nitrogens with zero attached hydrogens (tertiary/aromatic N) is 1. The highest BCUT2D eigenvalue weighted by atomic mass is 16.4. The third kappa shape index (κ3) is 2.14. The number of aromatic nitrogens is 1. The molecule has 0 aliphatic rings. The number of carboxylic acids is 1. The van der Waals surface area contributed by atoms with E-state index in [-0.39, 0.29) is 0 Å². The molecule has 0 bridgehead atoms. The van der Waals surface area contributed by atoms with Gasteiger partial charge in [-0.1, -0.05) is 6.07 Å². The molecule has 1 aromatic heterocycles. The molecule has 5 heteroatoms. The van der Waals surface area contributed by atoms with Crippen molar-refractivity contribution < 1.29 is 14.7 Å². The van der Waals surface area contributed by atoms with Crippen LogP contribution in [-0.4, -0.2) is 28.4 Å². The average Bonchev–Trinajstić information content (AvgIpc) is 2.20. The van der Waals surface area contributed by atoms with Gasteiger partial charge >= 0.3 is 5.97 Å². The summed E-state index contributed by atoms with van der Waals surface area (Å²) in [6.07, 6.45) is 3.50. The Balaban J connectivity index is 2.93. The fraction of sp³-hybridized carbons (Fsp3) is 0.222. The minimum Gasteiger partial charge on any atom is -0.480 e. The topological polar surface area (TPSA) is 93.3 Å². The van der Waals surface area contributed by atoms with Crippen LogP contribution in [0.15, 0.2) is 24.5 Å². The molecule has 1 rings (SSSR count). The molecule has 1 heterocycles. The van der Waals surface area contributed by atoms with Crippen LogP contribution in [0.4, 0.5) is 0 Å². The molecular weight excluding hydrogens is 184 g/mol. The lowest BCUT2D eigenvalue weighted by atomic mass is 9.95. The van der Waals surface area contributed by atoms with Crippen molar-refractivity contribution in [2.24, 2.45) is 5.73 Å². The molecule has 0 aliphatic heterocycles. The van der Waals surface area contributed by atoms with Gasteiger partial charge < -0.3 is 15.6 Å². The van der Waals surface area contributed by atoms with E-state index < -0.39 is 17.9 Å².